The Labute approximate surface area is 164 Å². The third-order valence-corrected chi connectivity index (χ3v) is 5.25. The summed E-state index contributed by atoms with van der Waals surface area (Å²) in [6.45, 7) is 0.436. The summed E-state index contributed by atoms with van der Waals surface area (Å²) in [5.74, 6) is -1.28. The predicted octanol–water partition coefficient (Wildman–Crippen LogP) is 5.44. The topological polar surface area (TPSA) is 29.5 Å². The van der Waals surface area contributed by atoms with Gasteiger partial charge in [-0.1, -0.05) is 30.3 Å². The van der Waals surface area contributed by atoms with Gasteiger partial charge in [0.05, 0.1) is 11.5 Å². The standard InChI is InChI=1S/C20H19BrF3NO2/c21-18-11-16(27-13-14-5-2-1-3-6-14)8-9-17(18)19(26)25-10-4-7-15(12-25)20(22,23)24/h1-3,5-6,8-9,11,15H,4,7,10,12-13H2. The lowest BCUT2D eigenvalue weighted by molar-refractivity contribution is -0.184. The number of rotatable bonds is 4. The molecule has 0 aliphatic carbocycles. The summed E-state index contributed by atoms with van der Waals surface area (Å²) in [6.07, 6.45) is -3.85. The van der Waals surface area contributed by atoms with E-state index in [1.54, 1.807) is 18.2 Å². The molecule has 1 unspecified atom stereocenters. The van der Waals surface area contributed by atoms with Crippen molar-refractivity contribution in [3.8, 4) is 5.75 Å². The van der Waals surface area contributed by atoms with Crippen molar-refractivity contribution in [2.24, 2.45) is 5.92 Å². The van der Waals surface area contributed by atoms with E-state index in [0.29, 0.717) is 35.4 Å². The monoisotopic (exact) mass is 441 g/mol. The molecule has 1 aliphatic heterocycles. The first kappa shape index (κ1) is 19.7. The van der Waals surface area contributed by atoms with E-state index in [0.717, 1.165) is 5.56 Å². The van der Waals surface area contributed by atoms with Crippen LogP contribution in [0.2, 0.25) is 0 Å². The summed E-state index contributed by atoms with van der Waals surface area (Å²) in [5.41, 5.74) is 1.35. The van der Waals surface area contributed by atoms with Crippen LogP contribution < -0.4 is 4.74 Å². The summed E-state index contributed by atoms with van der Waals surface area (Å²) in [4.78, 5) is 14.0. The lowest BCUT2D eigenvalue weighted by Crippen LogP contribution is -2.44. The Morgan fingerprint density at radius 1 is 1.19 bits per heavy atom. The highest BCUT2D eigenvalue weighted by Gasteiger charge is 2.42. The van der Waals surface area contributed by atoms with Crippen molar-refractivity contribution in [2.75, 3.05) is 13.1 Å². The predicted molar refractivity (Wildman–Crippen MR) is 99.6 cm³/mol. The van der Waals surface area contributed by atoms with Gasteiger partial charge < -0.3 is 9.64 Å². The highest BCUT2D eigenvalue weighted by molar-refractivity contribution is 9.10. The summed E-state index contributed by atoms with van der Waals surface area (Å²) in [6, 6.07) is 14.6. The maximum atomic E-state index is 13.0. The van der Waals surface area contributed by atoms with Crippen molar-refractivity contribution < 1.29 is 22.7 Å². The molecule has 2 aromatic rings. The number of nitrogens with zero attached hydrogens (tertiary/aromatic N) is 1. The summed E-state index contributed by atoms with van der Waals surface area (Å²) < 4.78 is 45.1. The zero-order valence-corrected chi connectivity index (χ0v) is 16.1. The molecular formula is C20H19BrF3NO2. The van der Waals surface area contributed by atoms with Crippen LogP contribution in [0.4, 0.5) is 13.2 Å². The molecule has 0 bridgehead atoms. The number of carbonyl (C=O) groups is 1. The van der Waals surface area contributed by atoms with Crippen LogP contribution in [0.25, 0.3) is 0 Å². The molecule has 0 aromatic heterocycles. The smallest absolute Gasteiger partial charge is 0.393 e. The van der Waals surface area contributed by atoms with Crippen molar-refractivity contribution in [3.05, 3.63) is 64.1 Å². The first-order chi connectivity index (χ1) is 12.8. The number of hydrogen-bond acceptors (Lipinski definition) is 2. The van der Waals surface area contributed by atoms with E-state index in [9.17, 15) is 18.0 Å². The Kier molecular flexibility index (Phi) is 6.09. The highest BCUT2D eigenvalue weighted by atomic mass is 79.9. The Morgan fingerprint density at radius 2 is 1.93 bits per heavy atom. The first-order valence-corrected chi connectivity index (χ1v) is 9.46. The Balaban J connectivity index is 1.67. The number of amides is 1. The molecule has 3 rings (SSSR count). The molecule has 3 nitrogen and oxygen atoms in total. The first-order valence-electron chi connectivity index (χ1n) is 8.67. The summed E-state index contributed by atoms with van der Waals surface area (Å²) in [7, 11) is 0. The number of halogens is 4. The molecule has 0 saturated carbocycles. The highest BCUT2D eigenvalue weighted by Crippen LogP contribution is 2.34. The molecule has 1 heterocycles. The molecule has 27 heavy (non-hydrogen) atoms. The van der Waals surface area contributed by atoms with Gasteiger partial charge in [-0.25, -0.2) is 0 Å². The summed E-state index contributed by atoms with van der Waals surface area (Å²) in [5, 5.41) is 0. The van der Waals surface area contributed by atoms with Crippen LogP contribution in [-0.4, -0.2) is 30.1 Å². The van der Waals surface area contributed by atoms with E-state index in [1.807, 2.05) is 30.3 Å². The quantitative estimate of drug-likeness (QED) is 0.631. The third kappa shape index (κ3) is 5.03. The van der Waals surface area contributed by atoms with Crippen LogP contribution in [0.5, 0.6) is 5.75 Å². The average Bonchev–Trinajstić information content (AvgIpc) is 2.66. The molecule has 1 amide bonds. The van der Waals surface area contributed by atoms with Crippen LogP contribution in [0.1, 0.15) is 28.8 Å². The van der Waals surface area contributed by atoms with E-state index < -0.39 is 18.0 Å². The van der Waals surface area contributed by atoms with Gasteiger partial charge in [-0.15, -0.1) is 0 Å². The second-order valence-corrected chi connectivity index (χ2v) is 7.40. The van der Waals surface area contributed by atoms with Gasteiger partial charge in [0.15, 0.2) is 0 Å². The lowest BCUT2D eigenvalue weighted by atomic mass is 9.97. The molecule has 1 atom stereocenters. The molecule has 0 N–H and O–H groups in total. The Bertz CT molecular complexity index is 796. The maximum absolute atomic E-state index is 13.0. The number of hydrogen-bond donors (Lipinski definition) is 0. The zero-order valence-electron chi connectivity index (χ0n) is 14.5. The van der Waals surface area contributed by atoms with Crippen molar-refractivity contribution in [2.45, 2.75) is 25.6 Å². The number of piperidine rings is 1. The van der Waals surface area contributed by atoms with E-state index in [4.69, 9.17) is 4.74 Å². The maximum Gasteiger partial charge on any atom is 0.393 e. The molecule has 2 aromatic carbocycles. The van der Waals surface area contributed by atoms with Gasteiger partial charge in [-0.05, 0) is 52.5 Å². The van der Waals surface area contributed by atoms with Crippen molar-refractivity contribution in [1.29, 1.82) is 0 Å². The van der Waals surface area contributed by atoms with E-state index in [-0.39, 0.29) is 13.0 Å². The number of likely N-dealkylation sites (tertiary alicyclic amines) is 1. The molecule has 7 heteroatoms. The van der Waals surface area contributed by atoms with Gasteiger partial charge in [-0.2, -0.15) is 13.2 Å². The van der Waals surface area contributed by atoms with Gasteiger partial charge in [0.25, 0.3) is 5.91 Å². The SMILES string of the molecule is O=C(c1ccc(OCc2ccccc2)cc1Br)N1CCCC(C(F)(F)F)C1. The zero-order chi connectivity index (χ0) is 19.4. The Morgan fingerprint density at radius 3 is 2.59 bits per heavy atom. The molecule has 1 aliphatic rings. The van der Waals surface area contributed by atoms with Crippen LogP contribution in [0.3, 0.4) is 0 Å². The minimum atomic E-state index is -4.27. The number of benzene rings is 2. The second-order valence-electron chi connectivity index (χ2n) is 6.55. The fraction of sp³-hybridized carbons (Fsp3) is 0.350. The van der Waals surface area contributed by atoms with E-state index >= 15 is 0 Å². The minimum absolute atomic E-state index is 0.0702. The summed E-state index contributed by atoms with van der Waals surface area (Å²) >= 11 is 3.35. The van der Waals surface area contributed by atoms with Gasteiger partial charge in [0.1, 0.15) is 12.4 Å². The van der Waals surface area contributed by atoms with Crippen LogP contribution in [-0.2, 0) is 6.61 Å². The number of ether oxygens (including phenoxy) is 1. The number of alkyl halides is 3. The third-order valence-electron chi connectivity index (χ3n) is 4.59. The van der Waals surface area contributed by atoms with Crippen LogP contribution >= 0.6 is 15.9 Å². The van der Waals surface area contributed by atoms with Crippen molar-refractivity contribution in [3.63, 3.8) is 0 Å². The van der Waals surface area contributed by atoms with E-state index in [2.05, 4.69) is 15.9 Å². The molecule has 0 spiro atoms. The van der Waals surface area contributed by atoms with Crippen molar-refractivity contribution >= 4 is 21.8 Å². The normalized spacial score (nSPS) is 17.6. The minimum Gasteiger partial charge on any atom is -0.489 e. The van der Waals surface area contributed by atoms with Crippen LogP contribution in [0.15, 0.2) is 53.0 Å². The number of carbonyl (C=O) groups excluding carboxylic acids is 1. The molecule has 1 fully saturated rings. The molecular weight excluding hydrogens is 423 g/mol. The van der Waals surface area contributed by atoms with Crippen LogP contribution in [0, 0.1) is 5.92 Å². The molecule has 144 valence electrons. The largest absolute Gasteiger partial charge is 0.489 e. The van der Waals surface area contributed by atoms with Gasteiger partial charge in [0.2, 0.25) is 0 Å². The van der Waals surface area contributed by atoms with Gasteiger partial charge in [0, 0.05) is 17.6 Å². The van der Waals surface area contributed by atoms with E-state index in [1.165, 1.54) is 4.90 Å². The van der Waals surface area contributed by atoms with Crippen molar-refractivity contribution in [1.82, 2.24) is 4.90 Å². The molecule has 1 saturated heterocycles. The molecule has 0 radical (unpaired) electrons. The second kappa shape index (κ2) is 8.33. The van der Waals surface area contributed by atoms with Gasteiger partial charge >= 0.3 is 6.18 Å². The lowest BCUT2D eigenvalue weighted by Gasteiger charge is -2.34. The van der Waals surface area contributed by atoms with Gasteiger partial charge in [-0.3, -0.25) is 4.79 Å². The average molecular weight is 442 g/mol. The fourth-order valence-corrected chi connectivity index (χ4v) is 3.63. The Hall–Kier alpha value is -2.02. The fourth-order valence-electron chi connectivity index (χ4n) is 3.10.